The van der Waals surface area contributed by atoms with Crippen LogP contribution in [-0.2, 0) is 15.6 Å². The lowest BCUT2D eigenvalue weighted by Crippen LogP contribution is -2.30. The number of pyridine rings is 1. The smallest absolute Gasteiger partial charge is 0.263 e. The minimum Gasteiger partial charge on any atom is -0.463 e. The average Bonchev–Trinajstić information content (AvgIpc) is 3.11. The highest BCUT2D eigenvalue weighted by atomic mass is 32.2. The van der Waals surface area contributed by atoms with Gasteiger partial charge in [0.05, 0.1) is 12.2 Å². The highest BCUT2D eigenvalue weighted by Gasteiger charge is 2.26. The Labute approximate surface area is 166 Å². The maximum atomic E-state index is 13.3. The van der Waals surface area contributed by atoms with Gasteiger partial charge in [0.2, 0.25) is 0 Å². The number of nitrogens with zero attached hydrogens (tertiary/aromatic N) is 1. The summed E-state index contributed by atoms with van der Waals surface area (Å²) in [6, 6.07) is 8.80. The standard InChI is InChI=1S/C19H19F2N3O4S/c1-12-3-7-17(28-12)19(2,25)11-23-18-8-5-14(10-22-18)29(26,27)24-13-4-6-15(20)16(21)9-13/h3-10,24-25H,11H2,1-2H3,(H,22,23). The van der Waals surface area contributed by atoms with E-state index >= 15 is 0 Å². The van der Waals surface area contributed by atoms with E-state index < -0.39 is 27.3 Å². The van der Waals surface area contributed by atoms with Crippen LogP contribution < -0.4 is 10.0 Å². The first kappa shape index (κ1) is 20.7. The molecule has 7 nitrogen and oxygen atoms in total. The van der Waals surface area contributed by atoms with Crippen molar-refractivity contribution >= 4 is 21.5 Å². The van der Waals surface area contributed by atoms with Gasteiger partial charge in [-0.1, -0.05) is 0 Å². The highest BCUT2D eigenvalue weighted by molar-refractivity contribution is 7.92. The van der Waals surface area contributed by atoms with Crippen LogP contribution in [0.2, 0.25) is 0 Å². The van der Waals surface area contributed by atoms with Gasteiger partial charge in [0.25, 0.3) is 10.0 Å². The molecule has 0 aliphatic carbocycles. The van der Waals surface area contributed by atoms with Crippen LogP contribution in [0.3, 0.4) is 0 Å². The summed E-state index contributed by atoms with van der Waals surface area (Å²) in [7, 11) is -4.04. The lowest BCUT2D eigenvalue weighted by molar-refractivity contribution is 0.0467. The Morgan fingerprint density at radius 1 is 1.14 bits per heavy atom. The van der Waals surface area contributed by atoms with E-state index in [2.05, 4.69) is 15.0 Å². The van der Waals surface area contributed by atoms with Gasteiger partial charge in [-0.25, -0.2) is 22.2 Å². The van der Waals surface area contributed by atoms with Gasteiger partial charge < -0.3 is 14.8 Å². The van der Waals surface area contributed by atoms with Crippen molar-refractivity contribution in [1.29, 1.82) is 0 Å². The van der Waals surface area contributed by atoms with Crippen molar-refractivity contribution in [3.63, 3.8) is 0 Å². The van der Waals surface area contributed by atoms with Gasteiger partial charge in [-0.15, -0.1) is 0 Å². The first-order valence-electron chi connectivity index (χ1n) is 8.54. The average molecular weight is 423 g/mol. The summed E-state index contributed by atoms with van der Waals surface area (Å²) in [5.74, 6) is -0.855. The molecule has 3 rings (SSSR count). The first-order valence-corrected chi connectivity index (χ1v) is 10.0. The number of benzene rings is 1. The maximum absolute atomic E-state index is 13.3. The molecular formula is C19H19F2N3O4S. The number of furan rings is 1. The van der Waals surface area contributed by atoms with E-state index in [1.54, 1.807) is 26.0 Å². The van der Waals surface area contributed by atoms with Crippen LogP contribution in [0.4, 0.5) is 20.3 Å². The third-order valence-corrected chi connectivity index (χ3v) is 5.47. The number of aliphatic hydroxyl groups is 1. The number of sulfonamides is 1. The van der Waals surface area contributed by atoms with Crippen molar-refractivity contribution in [3.8, 4) is 0 Å². The summed E-state index contributed by atoms with van der Waals surface area (Å²) in [4.78, 5) is 3.85. The van der Waals surface area contributed by atoms with E-state index in [-0.39, 0.29) is 17.1 Å². The molecule has 10 heteroatoms. The molecule has 3 N–H and O–H groups in total. The zero-order valence-electron chi connectivity index (χ0n) is 15.6. The second-order valence-corrected chi connectivity index (χ2v) is 8.33. The van der Waals surface area contributed by atoms with Gasteiger partial charge in [-0.05, 0) is 50.2 Å². The largest absolute Gasteiger partial charge is 0.463 e. The lowest BCUT2D eigenvalue weighted by Gasteiger charge is -2.21. The zero-order chi connectivity index (χ0) is 21.2. The van der Waals surface area contributed by atoms with E-state index in [4.69, 9.17) is 4.42 Å². The molecule has 0 aliphatic heterocycles. The van der Waals surface area contributed by atoms with Crippen molar-refractivity contribution in [1.82, 2.24) is 4.98 Å². The van der Waals surface area contributed by atoms with Crippen LogP contribution in [0.25, 0.3) is 0 Å². The Balaban J connectivity index is 1.68. The molecule has 0 saturated heterocycles. The van der Waals surface area contributed by atoms with Crippen molar-refractivity contribution in [3.05, 3.63) is 71.8 Å². The Hall–Kier alpha value is -2.98. The summed E-state index contributed by atoms with van der Waals surface area (Å²) in [5, 5.41) is 13.4. The van der Waals surface area contributed by atoms with Crippen LogP contribution >= 0.6 is 0 Å². The van der Waals surface area contributed by atoms with Crippen LogP contribution in [0.1, 0.15) is 18.4 Å². The number of halogens is 2. The van der Waals surface area contributed by atoms with Crippen molar-refractivity contribution < 1.29 is 26.7 Å². The van der Waals surface area contributed by atoms with Gasteiger partial charge in [0.1, 0.15) is 27.8 Å². The van der Waals surface area contributed by atoms with E-state index in [1.165, 1.54) is 12.1 Å². The van der Waals surface area contributed by atoms with Gasteiger partial charge in [-0.3, -0.25) is 4.72 Å². The second kappa shape index (κ2) is 7.80. The van der Waals surface area contributed by atoms with Crippen LogP contribution in [0, 0.1) is 18.6 Å². The normalized spacial score (nSPS) is 13.7. The number of hydrogen-bond acceptors (Lipinski definition) is 6. The fourth-order valence-electron chi connectivity index (χ4n) is 2.49. The molecule has 3 aromatic rings. The maximum Gasteiger partial charge on any atom is 0.263 e. The molecule has 0 saturated carbocycles. The quantitative estimate of drug-likeness (QED) is 0.538. The molecule has 2 aromatic heterocycles. The van der Waals surface area contributed by atoms with E-state index in [1.807, 2.05) is 0 Å². The number of rotatable bonds is 7. The molecule has 0 aliphatic rings. The molecule has 0 fully saturated rings. The van der Waals surface area contributed by atoms with Gasteiger partial charge in [0.15, 0.2) is 11.6 Å². The van der Waals surface area contributed by atoms with Crippen molar-refractivity contribution in [2.24, 2.45) is 0 Å². The number of anilines is 2. The molecule has 29 heavy (non-hydrogen) atoms. The Morgan fingerprint density at radius 2 is 1.90 bits per heavy atom. The molecular weight excluding hydrogens is 404 g/mol. The SMILES string of the molecule is Cc1ccc(C(C)(O)CNc2ccc(S(=O)(=O)Nc3ccc(F)c(F)c3)cn2)o1. The molecule has 0 radical (unpaired) electrons. The number of hydrogen-bond donors (Lipinski definition) is 3. The number of nitrogens with one attached hydrogen (secondary N) is 2. The monoisotopic (exact) mass is 423 g/mol. The van der Waals surface area contributed by atoms with Crippen LogP contribution in [-0.4, -0.2) is 25.1 Å². The highest BCUT2D eigenvalue weighted by Crippen LogP contribution is 2.24. The number of aryl methyl sites for hydroxylation is 1. The third-order valence-electron chi connectivity index (χ3n) is 4.10. The minimum absolute atomic E-state index is 0.0756. The fraction of sp³-hybridized carbons (Fsp3) is 0.211. The molecule has 154 valence electrons. The number of aromatic nitrogens is 1. The Kier molecular flexibility index (Phi) is 5.58. The molecule has 1 aromatic carbocycles. The van der Waals surface area contributed by atoms with E-state index in [0.29, 0.717) is 17.3 Å². The molecule has 0 amide bonds. The molecule has 0 spiro atoms. The predicted octanol–water partition coefficient (Wildman–Crippen LogP) is 3.38. The molecule has 1 unspecified atom stereocenters. The van der Waals surface area contributed by atoms with E-state index in [9.17, 15) is 22.3 Å². The van der Waals surface area contributed by atoms with E-state index in [0.717, 1.165) is 24.4 Å². The third kappa shape index (κ3) is 4.90. The zero-order valence-corrected chi connectivity index (χ0v) is 16.4. The summed E-state index contributed by atoms with van der Waals surface area (Å²) in [6.07, 6.45) is 1.11. The van der Waals surface area contributed by atoms with Crippen LogP contribution in [0.15, 0.2) is 58.0 Å². The van der Waals surface area contributed by atoms with Crippen molar-refractivity contribution in [2.45, 2.75) is 24.3 Å². The summed E-state index contributed by atoms with van der Waals surface area (Å²) >= 11 is 0. The Morgan fingerprint density at radius 3 is 2.48 bits per heavy atom. The van der Waals surface area contributed by atoms with Crippen LogP contribution in [0.5, 0.6) is 0 Å². The summed E-state index contributed by atoms with van der Waals surface area (Å²) in [5.41, 5.74) is -1.41. The fourth-order valence-corrected chi connectivity index (χ4v) is 3.49. The van der Waals surface area contributed by atoms with Gasteiger partial charge >= 0.3 is 0 Å². The lowest BCUT2D eigenvalue weighted by atomic mass is 10.0. The Bertz CT molecular complexity index is 1110. The molecule has 0 bridgehead atoms. The molecule has 2 heterocycles. The first-order chi connectivity index (χ1) is 13.6. The van der Waals surface area contributed by atoms with Crippen molar-refractivity contribution in [2.75, 3.05) is 16.6 Å². The predicted molar refractivity (Wildman–Crippen MR) is 103 cm³/mol. The second-order valence-electron chi connectivity index (χ2n) is 6.65. The minimum atomic E-state index is -4.04. The van der Waals surface area contributed by atoms with Gasteiger partial charge in [0, 0.05) is 12.3 Å². The topological polar surface area (TPSA) is 104 Å². The summed E-state index contributed by atoms with van der Waals surface area (Å²) < 4.78 is 58.6. The summed E-state index contributed by atoms with van der Waals surface area (Å²) in [6.45, 7) is 3.41. The molecule has 1 atom stereocenters. The van der Waals surface area contributed by atoms with Gasteiger partial charge in [-0.2, -0.15) is 0 Å².